The highest BCUT2D eigenvalue weighted by Gasteiger charge is 2.16. The van der Waals surface area contributed by atoms with Gasteiger partial charge in [-0.3, -0.25) is 0 Å². The highest BCUT2D eigenvalue weighted by atomic mass is 79.9. The zero-order valence-corrected chi connectivity index (χ0v) is 15.8. The number of hydrogen-bond donors (Lipinski definition) is 0. The van der Waals surface area contributed by atoms with Gasteiger partial charge in [0.25, 0.3) is 0 Å². The molecule has 0 aliphatic carbocycles. The lowest BCUT2D eigenvalue weighted by atomic mass is 10.2. The third-order valence-corrected chi connectivity index (χ3v) is 5.20. The molecule has 0 amide bonds. The average Bonchev–Trinajstić information content (AvgIpc) is 2.79. The standard InChI is InChI=1S/C16H22BrNO3S/c1-20-16(19)14-10-18(11-21-7-8-22(2,3)4)15-6-5-12(17)9-13(14)15/h5-6,9-10H,7-8,11H2,1-4H3. The lowest BCUT2D eigenvalue weighted by Gasteiger charge is -2.24. The first kappa shape index (κ1) is 17.4. The van der Waals surface area contributed by atoms with Gasteiger partial charge in [0.05, 0.1) is 24.8 Å². The molecule has 0 fully saturated rings. The Bertz CT molecular complexity index is 676. The quantitative estimate of drug-likeness (QED) is 0.557. The number of halogens is 1. The van der Waals surface area contributed by atoms with Crippen molar-refractivity contribution in [1.29, 1.82) is 0 Å². The topological polar surface area (TPSA) is 40.5 Å². The summed E-state index contributed by atoms with van der Waals surface area (Å²) in [5.41, 5.74) is 1.52. The first-order valence-electron chi connectivity index (χ1n) is 6.92. The first-order valence-corrected chi connectivity index (χ1v) is 10.7. The second kappa shape index (κ2) is 7.06. The van der Waals surface area contributed by atoms with Crippen molar-refractivity contribution >= 4 is 42.8 Å². The van der Waals surface area contributed by atoms with Crippen molar-refractivity contribution in [3.63, 3.8) is 0 Å². The van der Waals surface area contributed by atoms with E-state index in [-0.39, 0.29) is 5.97 Å². The van der Waals surface area contributed by atoms with Crippen molar-refractivity contribution in [1.82, 2.24) is 4.57 Å². The molecule has 0 aliphatic rings. The monoisotopic (exact) mass is 387 g/mol. The molecule has 4 nitrogen and oxygen atoms in total. The number of nitrogens with zero attached hydrogens (tertiary/aromatic N) is 1. The molecule has 0 N–H and O–H groups in total. The third-order valence-electron chi connectivity index (χ3n) is 3.32. The number of hydrogen-bond acceptors (Lipinski definition) is 3. The van der Waals surface area contributed by atoms with Crippen LogP contribution in [0.15, 0.2) is 28.9 Å². The minimum atomic E-state index is -0.553. The summed E-state index contributed by atoms with van der Waals surface area (Å²) in [5, 5.41) is 0.867. The zero-order valence-electron chi connectivity index (χ0n) is 13.4. The van der Waals surface area contributed by atoms with E-state index >= 15 is 0 Å². The molecule has 0 atom stereocenters. The molecular weight excluding hydrogens is 366 g/mol. The maximum absolute atomic E-state index is 11.9. The van der Waals surface area contributed by atoms with Gasteiger partial charge in [0, 0.05) is 21.8 Å². The van der Waals surface area contributed by atoms with Gasteiger partial charge in [0.2, 0.25) is 0 Å². The highest BCUT2D eigenvalue weighted by Crippen LogP contribution is 2.33. The summed E-state index contributed by atoms with van der Waals surface area (Å²) in [5.74, 6) is 0.739. The molecule has 122 valence electrons. The van der Waals surface area contributed by atoms with E-state index in [4.69, 9.17) is 9.47 Å². The molecule has 0 unspecified atom stereocenters. The van der Waals surface area contributed by atoms with Crippen LogP contribution < -0.4 is 0 Å². The number of esters is 1. The van der Waals surface area contributed by atoms with Gasteiger partial charge in [0.15, 0.2) is 0 Å². The summed E-state index contributed by atoms with van der Waals surface area (Å²) >= 11 is 3.44. The summed E-state index contributed by atoms with van der Waals surface area (Å²) < 4.78 is 13.5. The number of benzene rings is 1. The molecule has 22 heavy (non-hydrogen) atoms. The maximum atomic E-state index is 11.9. The predicted molar refractivity (Wildman–Crippen MR) is 97.2 cm³/mol. The molecule has 1 aromatic carbocycles. The summed E-state index contributed by atoms with van der Waals surface area (Å²) in [6, 6.07) is 5.86. The molecule has 0 radical (unpaired) electrons. The van der Waals surface area contributed by atoms with E-state index in [0.717, 1.165) is 27.7 Å². The fourth-order valence-electron chi connectivity index (χ4n) is 2.12. The smallest absolute Gasteiger partial charge is 0.340 e. The van der Waals surface area contributed by atoms with Crippen LogP contribution in [0.2, 0.25) is 0 Å². The molecule has 1 aromatic heterocycles. The van der Waals surface area contributed by atoms with Crippen LogP contribution in [0, 0.1) is 0 Å². The predicted octanol–water partition coefficient (Wildman–Crippen LogP) is 3.86. The fourth-order valence-corrected chi connectivity index (χ4v) is 3.10. The Morgan fingerprint density at radius 2 is 2.05 bits per heavy atom. The Kier molecular flexibility index (Phi) is 5.58. The largest absolute Gasteiger partial charge is 0.465 e. The van der Waals surface area contributed by atoms with Crippen LogP contribution in [0.3, 0.4) is 0 Å². The molecule has 6 heteroatoms. The molecule has 0 spiro atoms. The minimum absolute atomic E-state index is 0.332. The van der Waals surface area contributed by atoms with Crippen LogP contribution in [0.1, 0.15) is 10.4 Å². The van der Waals surface area contributed by atoms with E-state index in [1.165, 1.54) is 7.11 Å². The van der Waals surface area contributed by atoms with Crippen LogP contribution in [-0.4, -0.2) is 48.8 Å². The number of aromatic nitrogens is 1. The van der Waals surface area contributed by atoms with E-state index in [1.54, 1.807) is 6.20 Å². The van der Waals surface area contributed by atoms with Crippen molar-refractivity contribution < 1.29 is 14.3 Å². The van der Waals surface area contributed by atoms with Crippen LogP contribution in [0.5, 0.6) is 0 Å². The number of rotatable bonds is 6. The molecule has 2 rings (SSSR count). The summed E-state index contributed by atoms with van der Waals surface area (Å²) in [7, 11) is 0.842. The molecule has 0 saturated carbocycles. The van der Waals surface area contributed by atoms with Gasteiger partial charge in [-0.05, 0) is 37.0 Å². The van der Waals surface area contributed by atoms with Gasteiger partial charge in [-0.2, -0.15) is 0 Å². The Morgan fingerprint density at radius 1 is 1.32 bits per heavy atom. The van der Waals surface area contributed by atoms with Crippen LogP contribution in [-0.2, 0) is 16.2 Å². The van der Waals surface area contributed by atoms with Gasteiger partial charge in [-0.25, -0.2) is 14.8 Å². The molecule has 0 saturated heterocycles. The third kappa shape index (κ3) is 4.27. The number of fused-ring (bicyclic) bond motifs is 1. The van der Waals surface area contributed by atoms with Crippen LogP contribution in [0.25, 0.3) is 10.9 Å². The van der Waals surface area contributed by atoms with E-state index in [2.05, 4.69) is 34.7 Å². The molecule has 2 aromatic rings. The normalized spacial score (nSPS) is 12.6. The SMILES string of the molecule is COC(=O)c1cn(COCCS(C)(C)C)c2ccc(Br)cc12. The maximum Gasteiger partial charge on any atom is 0.340 e. The molecule has 0 aliphatic heterocycles. The van der Waals surface area contributed by atoms with Gasteiger partial charge >= 0.3 is 5.97 Å². The van der Waals surface area contributed by atoms with Crippen molar-refractivity contribution in [3.8, 4) is 0 Å². The summed E-state index contributed by atoms with van der Waals surface area (Å²) in [6.45, 7) is 1.16. The molecule has 1 heterocycles. The van der Waals surface area contributed by atoms with Gasteiger partial charge in [-0.1, -0.05) is 15.9 Å². The number of ether oxygens (including phenoxy) is 2. The lowest BCUT2D eigenvalue weighted by molar-refractivity contribution is 0.0601. The molecular formula is C16H22BrNO3S. The van der Waals surface area contributed by atoms with E-state index in [9.17, 15) is 4.79 Å². The van der Waals surface area contributed by atoms with Crippen molar-refractivity contribution in [2.45, 2.75) is 6.73 Å². The van der Waals surface area contributed by atoms with Crippen molar-refractivity contribution in [2.24, 2.45) is 0 Å². The Morgan fingerprint density at radius 3 is 2.68 bits per heavy atom. The van der Waals surface area contributed by atoms with E-state index in [0.29, 0.717) is 12.3 Å². The summed E-state index contributed by atoms with van der Waals surface area (Å²) in [4.78, 5) is 11.9. The number of carbonyl (C=O) groups excluding carboxylic acids is 1. The number of methoxy groups -OCH3 is 1. The van der Waals surface area contributed by atoms with E-state index < -0.39 is 10.0 Å². The van der Waals surface area contributed by atoms with Gasteiger partial charge in [-0.15, -0.1) is 0 Å². The zero-order chi connectivity index (χ0) is 16.3. The second-order valence-electron chi connectivity index (χ2n) is 6.00. The Hall–Kier alpha value is -0.980. The van der Waals surface area contributed by atoms with Crippen molar-refractivity contribution in [2.75, 3.05) is 38.2 Å². The number of carbonyl (C=O) groups is 1. The average molecular weight is 388 g/mol. The van der Waals surface area contributed by atoms with Crippen LogP contribution in [0.4, 0.5) is 0 Å². The second-order valence-corrected chi connectivity index (χ2v) is 11.5. The van der Waals surface area contributed by atoms with Gasteiger partial charge in [0.1, 0.15) is 6.73 Å². The van der Waals surface area contributed by atoms with Crippen molar-refractivity contribution in [3.05, 3.63) is 34.4 Å². The first-order chi connectivity index (χ1) is 10.3. The van der Waals surface area contributed by atoms with Crippen LogP contribution >= 0.6 is 26.0 Å². The minimum Gasteiger partial charge on any atom is -0.465 e. The van der Waals surface area contributed by atoms with E-state index in [1.807, 2.05) is 22.8 Å². The summed E-state index contributed by atoms with van der Waals surface area (Å²) in [6.07, 6.45) is 8.61. The Labute approximate surface area is 141 Å². The Balaban J connectivity index is 2.21. The lowest BCUT2D eigenvalue weighted by Crippen LogP contribution is -2.09. The molecule has 0 bridgehead atoms. The fraction of sp³-hybridized carbons (Fsp3) is 0.438. The van der Waals surface area contributed by atoms with Gasteiger partial charge < -0.3 is 14.0 Å². The highest BCUT2D eigenvalue weighted by molar-refractivity contribution is 9.10.